The maximum Gasteiger partial charge on any atom is 0.362 e. The third kappa shape index (κ3) is 0.847. The molecule has 1 aromatic rings. The minimum absolute atomic E-state index is 0.581. The van der Waals surface area contributed by atoms with Crippen molar-refractivity contribution in [2.24, 2.45) is 7.05 Å². The largest absolute Gasteiger partial charge is 0.362 e. The molecule has 0 bridgehead atoms. The molecule has 0 spiro atoms. The van der Waals surface area contributed by atoms with E-state index in [1.54, 1.807) is 11.7 Å². The molecule has 0 aromatic carbocycles. The standard InChI is InChI=1S/C4H9N5/c1-3-9-4(5)8(2)6-7-9/h5H,3H2,1-2H3/p+1. The van der Waals surface area contributed by atoms with Crippen LogP contribution in [0.1, 0.15) is 6.92 Å². The van der Waals surface area contributed by atoms with Gasteiger partial charge in [0.25, 0.3) is 0 Å². The monoisotopic (exact) mass is 128 g/mol. The first-order chi connectivity index (χ1) is 4.25. The molecule has 0 aliphatic carbocycles. The van der Waals surface area contributed by atoms with Gasteiger partial charge in [-0.05, 0) is 6.92 Å². The summed E-state index contributed by atoms with van der Waals surface area (Å²) in [5.74, 6) is 0.581. The highest BCUT2D eigenvalue weighted by Gasteiger charge is 2.08. The molecule has 0 saturated heterocycles. The minimum Gasteiger partial charge on any atom is -0.306 e. The smallest absolute Gasteiger partial charge is 0.306 e. The zero-order valence-electron chi connectivity index (χ0n) is 5.57. The average molecular weight is 128 g/mol. The highest BCUT2D eigenvalue weighted by Crippen LogP contribution is 1.85. The van der Waals surface area contributed by atoms with Gasteiger partial charge in [-0.3, -0.25) is 0 Å². The molecule has 9 heavy (non-hydrogen) atoms. The lowest BCUT2D eigenvalue weighted by molar-refractivity contribution is -0.718. The summed E-state index contributed by atoms with van der Waals surface area (Å²) >= 11 is 0. The van der Waals surface area contributed by atoms with Crippen LogP contribution in [-0.4, -0.2) is 15.1 Å². The van der Waals surface area contributed by atoms with Crippen molar-refractivity contribution >= 4 is 5.95 Å². The quantitative estimate of drug-likeness (QED) is 0.478. The number of anilines is 1. The van der Waals surface area contributed by atoms with Crippen molar-refractivity contribution in [3.63, 3.8) is 0 Å². The van der Waals surface area contributed by atoms with Gasteiger partial charge in [-0.1, -0.05) is 4.68 Å². The molecule has 1 heterocycles. The summed E-state index contributed by atoms with van der Waals surface area (Å²) in [6.07, 6.45) is 0. The number of hydrogen-bond donors (Lipinski definition) is 1. The third-order valence-electron chi connectivity index (χ3n) is 1.18. The van der Waals surface area contributed by atoms with Gasteiger partial charge in [-0.25, -0.2) is 0 Å². The molecule has 1 aromatic heterocycles. The second kappa shape index (κ2) is 2.00. The predicted molar refractivity (Wildman–Crippen MR) is 31.3 cm³/mol. The van der Waals surface area contributed by atoms with Gasteiger partial charge in [0.15, 0.2) is 0 Å². The zero-order chi connectivity index (χ0) is 6.85. The molecule has 0 aliphatic heterocycles. The third-order valence-corrected chi connectivity index (χ3v) is 1.18. The van der Waals surface area contributed by atoms with E-state index in [0.29, 0.717) is 5.95 Å². The minimum atomic E-state index is 0.581. The van der Waals surface area contributed by atoms with Crippen molar-refractivity contribution in [2.75, 3.05) is 5.73 Å². The number of nitrogens with zero attached hydrogens (tertiary/aromatic N) is 4. The van der Waals surface area contributed by atoms with E-state index in [1.807, 2.05) is 6.92 Å². The van der Waals surface area contributed by atoms with E-state index >= 15 is 0 Å². The van der Waals surface area contributed by atoms with Crippen molar-refractivity contribution in [3.05, 3.63) is 0 Å². The van der Waals surface area contributed by atoms with Crippen molar-refractivity contribution < 1.29 is 4.68 Å². The molecule has 5 heteroatoms. The van der Waals surface area contributed by atoms with Gasteiger partial charge < -0.3 is 5.73 Å². The molecule has 0 saturated carbocycles. The van der Waals surface area contributed by atoms with E-state index in [2.05, 4.69) is 10.4 Å². The van der Waals surface area contributed by atoms with Crippen molar-refractivity contribution in [3.8, 4) is 0 Å². The highest BCUT2D eigenvalue weighted by atomic mass is 15.6. The molecule has 2 N–H and O–H groups in total. The number of aromatic nitrogens is 4. The fraction of sp³-hybridized carbons (Fsp3) is 0.750. The van der Waals surface area contributed by atoms with Crippen LogP contribution in [0, 0.1) is 0 Å². The van der Waals surface area contributed by atoms with Gasteiger partial charge in [0.05, 0.1) is 18.8 Å². The number of hydrogen-bond acceptors (Lipinski definition) is 3. The van der Waals surface area contributed by atoms with Crippen LogP contribution >= 0.6 is 0 Å². The maximum atomic E-state index is 5.51. The van der Waals surface area contributed by atoms with Crippen molar-refractivity contribution in [2.45, 2.75) is 13.5 Å². The van der Waals surface area contributed by atoms with E-state index in [0.717, 1.165) is 6.54 Å². The normalized spacial score (nSPS) is 10.0. The lowest BCUT2D eigenvalue weighted by Crippen LogP contribution is -2.34. The topological polar surface area (TPSA) is 60.6 Å². The van der Waals surface area contributed by atoms with Crippen LogP contribution < -0.4 is 10.4 Å². The van der Waals surface area contributed by atoms with E-state index < -0.39 is 0 Å². The number of rotatable bonds is 1. The summed E-state index contributed by atoms with van der Waals surface area (Å²) in [5.41, 5.74) is 5.51. The summed E-state index contributed by atoms with van der Waals surface area (Å²) in [6, 6.07) is 0. The van der Waals surface area contributed by atoms with Crippen LogP contribution in [0.5, 0.6) is 0 Å². The first-order valence-corrected chi connectivity index (χ1v) is 2.81. The molecule has 50 valence electrons. The fourth-order valence-electron chi connectivity index (χ4n) is 0.592. The Kier molecular flexibility index (Phi) is 1.33. The van der Waals surface area contributed by atoms with Gasteiger partial charge in [-0.2, -0.15) is 0 Å². The SMILES string of the molecule is CCn1nn[n+](C)c1N. The molecule has 0 amide bonds. The molecule has 0 aliphatic rings. The molecular weight excluding hydrogens is 118 g/mol. The van der Waals surface area contributed by atoms with Crippen molar-refractivity contribution in [1.82, 2.24) is 15.1 Å². The summed E-state index contributed by atoms with van der Waals surface area (Å²) < 4.78 is 3.16. The van der Waals surface area contributed by atoms with Gasteiger partial charge in [0, 0.05) is 0 Å². The Bertz CT molecular complexity index is 203. The Balaban J connectivity index is 3.04. The highest BCUT2D eigenvalue weighted by molar-refractivity contribution is 5.01. The van der Waals surface area contributed by atoms with Crippen LogP contribution in [0.4, 0.5) is 5.95 Å². The zero-order valence-corrected chi connectivity index (χ0v) is 5.57. The van der Waals surface area contributed by atoms with Crippen LogP contribution in [0.3, 0.4) is 0 Å². The molecule has 0 radical (unpaired) electrons. The van der Waals surface area contributed by atoms with E-state index in [4.69, 9.17) is 5.73 Å². The lowest BCUT2D eigenvalue weighted by Gasteiger charge is -1.84. The van der Waals surface area contributed by atoms with E-state index in [9.17, 15) is 0 Å². The maximum absolute atomic E-state index is 5.51. The summed E-state index contributed by atoms with van der Waals surface area (Å²) in [7, 11) is 1.76. The Morgan fingerprint density at radius 2 is 2.44 bits per heavy atom. The van der Waals surface area contributed by atoms with Crippen LogP contribution in [0.25, 0.3) is 0 Å². The Morgan fingerprint density at radius 1 is 1.78 bits per heavy atom. The average Bonchev–Trinajstić information content (AvgIpc) is 2.15. The molecule has 1 rings (SSSR count). The number of tetrazole rings is 1. The van der Waals surface area contributed by atoms with E-state index in [-0.39, 0.29) is 0 Å². The van der Waals surface area contributed by atoms with Crippen LogP contribution in [-0.2, 0) is 13.6 Å². The first kappa shape index (κ1) is 6.00. The predicted octanol–water partition coefficient (Wildman–Crippen LogP) is -1.30. The van der Waals surface area contributed by atoms with Gasteiger partial charge in [-0.15, -0.1) is 4.68 Å². The van der Waals surface area contributed by atoms with E-state index in [1.165, 1.54) is 4.68 Å². The second-order valence-corrected chi connectivity index (χ2v) is 1.78. The summed E-state index contributed by atoms with van der Waals surface area (Å²) in [5, 5.41) is 7.43. The molecule has 5 nitrogen and oxygen atoms in total. The van der Waals surface area contributed by atoms with Gasteiger partial charge in [0.2, 0.25) is 0 Å². The first-order valence-electron chi connectivity index (χ1n) is 2.81. The Hall–Kier alpha value is -1.13. The van der Waals surface area contributed by atoms with Crippen LogP contribution in [0.2, 0.25) is 0 Å². The second-order valence-electron chi connectivity index (χ2n) is 1.78. The van der Waals surface area contributed by atoms with Gasteiger partial charge in [0.1, 0.15) is 5.21 Å². The number of nitrogen functional groups attached to an aromatic ring is 1. The Morgan fingerprint density at radius 3 is 2.67 bits per heavy atom. The molecular formula is C4H10N5+. The van der Waals surface area contributed by atoms with Crippen LogP contribution in [0.15, 0.2) is 0 Å². The fourth-order valence-corrected chi connectivity index (χ4v) is 0.592. The number of nitrogens with two attached hydrogens (primary N) is 1. The number of aryl methyl sites for hydroxylation is 2. The molecule has 0 atom stereocenters. The van der Waals surface area contributed by atoms with Crippen molar-refractivity contribution in [1.29, 1.82) is 0 Å². The lowest BCUT2D eigenvalue weighted by atomic mass is 10.7. The molecule has 0 fully saturated rings. The summed E-state index contributed by atoms with van der Waals surface area (Å²) in [6.45, 7) is 2.73. The molecule has 0 unspecified atom stereocenters. The summed E-state index contributed by atoms with van der Waals surface area (Å²) in [4.78, 5) is 0. The Labute approximate surface area is 53.1 Å². The van der Waals surface area contributed by atoms with Gasteiger partial charge >= 0.3 is 5.95 Å².